The van der Waals surface area contributed by atoms with Gasteiger partial charge in [0, 0.05) is 22.7 Å². The summed E-state index contributed by atoms with van der Waals surface area (Å²) in [5.41, 5.74) is 1.86. The SMILES string of the molecule is COc1ccccc1CC(=O)OCc1cc(=O)n2c(C)csc2n1. The number of nitrogens with zero attached hydrogens (tertiary/aromatic N) is 2. The Morgan fingerprint density at radius 1 is 1.33 bits per heavy atom. The van der Waals surface area contributed by atoms with E-state index in [0.29, 0.717) is 16.4 Å². The van der Waals surface area contributed by atoms with Crippen LogP contribution < -0.4 is 10.3 Å². The number of esters is 1. The first-order chi connectivity index (χ1) is 11.6. The van der Waals surface area contributed by atoms with Gasteiger partial charge in [0.05, 0.1) is 19.2 Å². The fourth-order valence-corrected chi connectivity index (χ4v) is 3.28. The fraction of sp³-hybridized carbons (Fsp3) is 0.235. The zero-order chi connectivity index (χ0) is 17.1. The van der Waals surface area contributed by atoms with Crippen molar-refractivity contribution < 1.29 is 14.3 Å². The molecule has 0 bridgehead atoms. The number of rotatable bonds is 5. The van der Waals surface area contributed by atoms with Crippen molar-refractivity contribution in [3.05, 3.63) is 63.0 Å². The Labute approximate surface area is 142 Å². The normalized spacial score (nSPS) is 10.8. The van der Waals surface area contributed by atoms with E-state index < -0.39 is 5.97 Å². The molecule has 2 aromatic heterocycles. The lowest BCUT2D eigenvalue weighted by molar-refractivity contribution is -0.144. The van der Waals surface area contributed by atoms with Crippen LogP contribution in [0.3, 0.4) is 0 Å². The fourth-order valence-electron chi connectivity index (χ4n) is 2.38. The number of methoxy groups -OCH3 is 1. The van der Waals surface area contributed by atoms with Gasteiger partial charge in [0.2, 0.25) is 0 Å². The molecule has 0 saturated carbocycles. The van der Waals surface area contributed by atoms with E-state index in [1.54, 1.807) is 13.2 Å². The van der Waals surface area contributed by atoms with Crippen LogP contribution in [0.15, 0.2) is 40.5 Å². The Morgan fingerprint density at radius 3 is 2.92 bits per heavy atom. The monoisotopic (exact) mass is 344 g/mol. The summed E-state index contributed by atoms with van der Waals surface area (Å²) in [6.45, 7) is 1.82. The summed E-state index contributed by atoms with van der Waals surface area (Å²) < 4.78 is 12.0. The zero-order valence-corrected chi connectivity index (χ0v) is 14.1. The van der Waals surface area contributed by atoms with E-state index in [1.165, 1.54) is 21.8 Å². The Hall–Kier alpha value is -2.67. The van der Waals surface area contributed by atoms with Crippen LogP contribution in [0.25, 0.3) is 4.96 Å². The van der Waals surface area contributed by atoms with Crippen molar-refractivity contribution in [1.82, 2.24) is 9.38 Å². The van der Waals surface area contributed by atoms with E-state index >= 15 is 0 Å². The molecule has 7 heteroatoms. The number of hydrogen-bond donors (Lipinski definition) is 0. The van der Waals surface area contributed by atoms with E-state index in [1.807, 2.05) is 30.5 Å². The minimum Gasteiger partial charge on any atom is -0.496 e. The second-order valence-corrected chi connectivity index (χ2v) is 6.07. The van der Waals surface area contributed by atoms with Crippen molar-refractivity contribution >= 4 is 22.3 Å². The predicted molar refractivity (Wildman–Crippen MR) is 90.6 cm³/mol. The van der Waals surface area contributed by atoms with Crippen molar-refractivity contribution in [3.63, 3.8) is 0 Å². The highest BCUT2D eigenvalue weighted by molar-refractivity contribution is 7.15. The topological polar surface area (TPSA) is 69.9 Å². The van der Waals surface area contributed by atoms with Gasteiger partial charge in [-0.15, -0.1) is 11.3 Å². The van der Waals surface area contributed by atoms with Gasteiger partial charge in [0.25, 0.3) is 5.56 Å². The predicted octanol–water partition coefficient (Wildman–Crippen LogP) is 2.36. The van der Waals surface area contributed by atoms with Crippen molar-refractivity contribution in [2.45, 2.75) is 20.0 Å². The van der Waals surface area contributed by atoms with E-state index in [-0.39, 0.29) is 18.6 Å². The first kappa shape index (κ1) is 16.2. The number of thiazole rings is 1. The molecule has 0 spiro atoms. The Kier molecular flexibility index (Phi) is 4.61. The van der Waals surface area contributed by atoms with Crippen molar-refractivity contribution in [3.8, 4) is 5.75 Å². The summed E-state index contributed by atoms with van der Waals surface area (Å²) in [5, 5.41) is 1.86. The average molecular weight is 344 g/mol. The number of aryl methyl sites for hydroxylation is 1. The lowest BCUT2D eigenvalue weighted by Crippen LogP contribution is -2.16. The highest BCUT2D eigenvalue weighted by Crippen LogP contribution is 2.18. The summed E-state index contributed by atoms with van der Waals surface area (Å²) in [4.78, 5) is 29.0. The minimum absolute atomic E-state index is 0.0311. The Morgan fingerprint density at radius 2 is 2.12 bits per heavy atom. The Balaban J connectivity index is 1.69. The third kappa shape index (κ3) is 3.30. The molecule has 0 amide bonds. The van der Waals surface area contributed by atoms with Crippen LogP contribution >= 0.6 is 11.3 Å². The van der Waals surface area contributed by atoms with Crippen LogP contribution in [-0.2, 0) is 22.6 Å². The van der Waals surface area contributed by atoms with Gasteiger partial charge in [-0.25, -0.2) is 4.98 Å². The molecule has 0 saturated heterocycles. The Bertz CT molecular complexity index is 945. The maximum atomic E-state index is 12.1. The lowest BCUT2D eigenvalue weighted by atomic mass is 10.1. The minimum atomic E-state index is -0.399. The number of carbonyl (C=O) groups excluding carboxylic acids is 1. The largest absolute Gasteiger partial charge is 0.496 e. The standard InChI is InChI=1S/C17H16N2O4S/c1-11-10-24-17-18-13(8-15(20)19(11)17)9-23-16(21)7-12-5-3-4-6-14(12)22-2/h3-6,8,10H,7,9H2,1-2H3. The first-order valence-electron chi connectivity index (χ1n) is 7.33. The number of para-hydroxylation sites is 1. The molecule has 0 N–H and O–H groups in total. The lowest BCUT2D eigenvalue weighted by Gasteiger charge is -2.08. The summed E-state index contributed by atoms with van der Waals surface area (Å²) in [6, 6.07) is 8.66. The zero-order valence-electron chi connectivity index (χ0n) is 13.3. The third-order valence-corrected chi connectivity index (χ3v) is 4.48. The van der Waals surface area contributed by atoms with Crippen LogP contribution in [0.1, 0.15) is 17.0 Å². The van der Waals surface area contributed by atoms with Gasteiger partial charge in [-0.3, -0.25) is 14.0 Å². The molecule has 0 aliphatic heterocycles. The number of hydrogen-bond acceptors (Lipinski definition) is 6. The van der Waals surface area contributed by atoms with Gasteiger partial charge in [-0.05, 0) is 13.0 Å². The number of aromatic nitrogens is 2. The molecular weight excluding hydrogens is 328 g/mol. The van der Waals surface area contributed by atoms with E-state index in [0.717, 1.165) is 11.3 Å². The highest BCUT2D eigenvalue weighted by Gasteiger charge is 2.11. The van der Waals surface area contributed by atoms with E-state index in [2.05, 4.69) is 4.98 Å². The molecule has 124 valence electrons. The number of ether oxygens (including phenoxy) is 2. The maximum Gasteiger partial charge on any atom is 0.310 e. The molecule has 0 aliphatic rings. The smallest absolute Gasteiger partial charge is 0.310 e. The summed E-state index contributed by atoms with van der Waals surface area (Å²) in [7, 11) is 1.56. The molecule has 0 atom stereocenters. The first-order valence-corrected chi connectivity index (χ1v) is 8.20. The maximum absolute atomic E-state index is 12.1. The van der Waals surface area contributed by atoms with Crippen molar-refractivity contribution in [2.24, 2.45) is 0 Å². The van der Waals surface area contributed by atoms with Gasteiger partial charge >= 0.3 is 5.97 Å². The van der Waals surface area contributed by atoms with Gasteiger partial charge in [-0.2, -0.15) is 0 Å². The van der Waals surface area contributed by atoms with Crippen LogP contribution in [0.4, 0.5) is 0 Å². The number of benzene rings is 1. The van der Waals surface area contributed by atoms with Gasteiger partial charge in [-0.1, -0.05) is 18.2 Å². The third-order valence-electron chi connectivity index (χ3n) is 3.54. The molecule has 3 rings (SSSR count). The van der Waals surface area contributed by atoms with Crippen molar-refractivity contribution in [2.75, 3.05) is 7.11 Å². The summed E-state index contributed by atoms with van der Waals surface area (Å²) >= 11 is 1.38. The van der Waals surface area contributed by atoms with Crippen LogP contribution in [-0.4, -0.2) is 22.5 Å². The summed E-state index contributed by atoms with van der Waals surface area (Å²) in [6.07, 6.45) is 0.101. The second-order valence-electron chi connectivity index (χ2n) is 5.23. The second kappa shape index (κ2) is 6.84. The molecule has 0 fully saturated rings. The van der Waals surface area contributed by atoms with Gasteiger partial charge in [0.1, 0.15) is 12.4 Å². The molecule has 6 nitrogen and oxygen atoms in total. The van der Waals surface area contributed by atoms with E-state index in [4.69, 9.17) is 9.47 Å². The van der Waals surface area contributed by atoms with Crippen LogP contribution in [0.2, 0.25) is 0 Å². The van der Waals surface area contributed by atoms with E-state index in [9.17, 15) is 9.59 Å². The quantitative estimate of drug-likeness (QED) is 0.665. The average Bonchev–Trinajstić information content (AvgIpc) is 2.95. The molecule has 0 radical (unpaired) electrons. The summed E-state index contributed by atoms with van der Waals surface area (Å²) in [5.74, 6) is 0.241. The number of carbonyl (C=O) groups is 1. The van der Waals surface area contributed by atoms with Crippen LogP contribution in [0, 0.1) is 6.92 Å². The molecule has 0 aliphatic carbocycles. The van der Waals surface area contributed by atoms with Gasteiger partial charge < -0.3 is 9.47 Å². The van der Waals surface area contributed by atoms with Crippen LogP contribution in [0.5, 0.6) is 5.75 Å². The molecule has 2 heterocycles. The molecule has 0 unspecified atom stereocenters. The molecule has 24 heavy (non-hydrogen) atoms. The highest BCUT2D eigenvalue weighted by atomic mass is 32.1. The van der Waals surface area contributed by atoms with Crippen molar-refractivity contribution in [1.29, 1.82) is 0 Å². The molecule has 3 aromatic rings. The van der Waals surface area contributed by atoms with Gasteiger partial charge in [0.15, 0.2) is 4.96 Å². The number of fused-ring (bicyclic) bond motifs is 1. The molecule has 1 aromatic carbocycles. The molecular formula is C17H16N2O4S.